The van der Waals surface area contributed by atoms with Crippen LogP contribution in [0.1, 0.15) is 11.4 Å². The average molecular weight is 412 g/mol. The quantitative estimate of drug-likeness (QED) is 0.355. The number of rotatable bonds is 5. The SMILES string of the molecule is CN(C)c1ccc(/C=C/c2nc3ccccc3c(=O)n2-c2cccc([N+](=O)[O-])c2)cc1. The molecule has 0 aliphatic heterocycles. The molecule has 0 N–H and O–H groups in total. The average Bonchev–Trinajstić information content (AvgIpc) is 2.78. The third-order valence-corrected chi connectivity index (χ3v) is 4.93. The van der Waals surface area contributed by atoms with Crippen LogP contribution < -0.4 is 10.5 Å². The zero-order valence-corrected chi connectivity index (χ0v) is 17.1. The van der Waals surface area contributed by atoms with E-state index in [1.54, 1.807) is 36.4 Å². The number of hydrogen-bond donors (Lipinski definition) is 0. The summed E-state index contributed by atoms with van der Waals surface area (Å²) in [5, 5.41) is 11.7. The predicted molar refractivity (Wildman–Crippen MR) is 124 cm³/mol. The zero-order valence-electron chi connectivity index (χ0n) is 17.1. The number of para-hydroxylation sites is 1. The molecule has 0 unspecified atom stereocenters. The standard InChI is InChI=1S/C24H20N4O3/c1-26(2)18-13-10-17(11-14-18)12-15-23-25-22-9-4-3-8-21(22)24(29)27(23)19-6-5-7-20(16-19)28(30)31/h3-16H,1-2H3/b15-12+. The van der Waals surface area contributed by atoms with Crippen LogP contribution in [-0.2, 0) is 0 Å². The Balaban J connectivity index is 1.87. The van der Waals surface area contributed by atoms with Gasteiger partial charge in [-0.1, -0.05) is 36.4 Å². The highest BCUT2D eigenvalue weighted by Gasteiger charge is 2.14. The van der Waals surface area contributed by atoms with Crippen molar-refractivity contribution in [2.24, 2.45) is 0 Å². The van der Waals surface area contributed by atoms with E-state index in [1.807, 2.05) is 55.4 Å². The molecule has 3 aromatic carbocycles. The van der Waals surface area contributed by atoms with Gasteiger partial charge in [-0.2, -0.15) is 0 Å². The zero-order chi connectivity index (χ0) is 22.0. The number of nitrogens with zero attached hydrogens (tertiary/aromatic N) is 4. The molecular formula is C24H20N4O3. The summed E-state index contributed by atoms with van der Waals surface area (Å²) in [5.74, 6) is 0.390. The molecule has 0 saturated carbocycles. The maximum atomic E-state index is 13.3. The van der Waals surface area contributed by atoms with Crippen LogP contribution in [0.15, 0.2) is 77.6 Å². The normalized spacial score (nSPS) is 11.2. The molecule has 154 valence electrons. The van der Waals surface area contributed by atoms with Gasteiger partial charge in [0.15, 0.2) is 0 Å². The molecule has 1 heterocycles. The lowest BCUT2D eigenvalue weighted by Gasteiger charge is -2.12. The Morgan fingerprint density at radius 2 is 1.71 bits per heavy atom. The Hall–Kier alpha value is -4.26. The van der Waals surface area contributed by atoms with Crippen LogP contribution in [0.25, 0.3) is 28.7 Å². The van der Waals surface area contributed by atoms with Crippen LogP contribution >= 0.6 is 0 Å². The molecular weight excluding hydrogens is 392 g/mol. The van der Waals surface area contributed by atoms with Gasteiger partial charge in [-0.25, -0.2) is 4.98 Å². The first-order chi connectivity index (χ1) is 14.9. The van der Waals surface area contributed by atoms with Crippen molar-refractivity contribution in [2.45, 2.75) is 0 Å². The highest BCUT2D eigenvalue weighted by atomic mass is 16.6. The van der Waals surface area contributed by atoms with Crippen molar-refractivity contribution in [1.82, 2.24) is 9.55 Å². The summed E-state index contributed by atoms with van der Waals surface area (Å²) in [6, 6.07) is 21.0. The fourth-order valence-electron chi connectivity index (χ4n) is 3.31. The molecule has 0 atom stereocenters. The number of non-ortho nitro benzene ring substituents is 1. The molecule has 7 nitrogen and oxygen atoms in total. The maximum Gasteiger partial charge on any atom is 0.271 e. The van der Waals surface area contributed by atoms with Gasteiger partial charge in [0, 0.05) is 31.9 Å². The second-order valence-electron chi connectivity index (χ2n) is 7.22. The number of nitro benzene ring substituents is 1. The fraction of sp³-hybridized carbons (Fsp3) is 0.0833. The van der Waals surface area contributed by atoms with Gasteiger partial charge in [-0.15, -0.1) is 0 Å². The Bertz CT molecular complexity index is 1360. The Morgan fingerprint density at radius 3 is 2.42 bits per heavy atom. The van der Waals surface area contributed by atoms with E-state index < -0.39 is 4.92 Å². The van der Waals surface area contributed by atoms with E-state index in [-0.39, 0.29) is 11.2 Å². The van der Waals surface area contributed by atoms with Gasteiger partial charge < -0.3 is 4.90 Å². The predicted octanol–water partition coefficient (Wildman–Crippen LogP) is 4.53. The lowest BCUT2D eigenvalue weighted by atomic mass is 10.1. The van der Waals surface area contributed by atoms with E-state index in [0.717, 1.165) is 11.3 Å². The van der Waals surface area contributed by atoms with E-state index in [1.165, 1.54) is 16.7 Å². The van der Waals surface area contributed by atoms with Crippen LogP contribution in [0.2, 0.25) is 0 Å². The fourth-order valence-corrected chi connectivity index (χ4v) is 3.31. The topological polar surface area (TPSA) is 81.3 Å². The summed E-state index contributed by atoms with van der Waals surface area (Å²) >= 11 is 0. The number of fused-ring (bicyclic) bond motifs is 1. The van der Waals surface area contributed by atoms with Crippen LogP contribution in [0.4, 0.5) is 11.4 Å². The van der Waals surface area contributed by atoms with Gasteiger partial charge >= 0.3 is 0 Å². The number of benzene rings is 3. The van der Waals surface area contributed by atoms with Crippen LogP contribution in [0.5, 0.6) is 0 Å². The van der Waals surface area contributed by atoms with Crippen molar-refractivity contribution in [3.63, 3.8) is 0 Å². The minimum atomic E-state index is -0.481. The molecule has 0 aliphatic carbocycles. The second kappa shape index (κ2) is 8.23. The number of nitro groups is 1. The first-order valence-electron chi connectivity index (χ1n) is 9.66. The maximum absolute atomic E-state index is 13.3. The van der Waals surface area contributed by atoms with E-state index in [4.69, 9.17) is 0 Å². The molecule has 31 heavy (non-hydrogen) atoms. The Kier molecular flexibility index (Phi) is 5.32. The number of anilines is 1. The van der Waals surface area contributed by atoms with Crippen molar-refractivity contribution in [3.05, 3.63) is 105 Å². The van der Waals surface area contributed by atoms with Crippen molar-refractivity contribution in [1.29, 1.82) is 0 Å². The molecule has 0 radical (unpaired) electrons. The second-order valence-corrected chi connectivity index (χ2v) is 7.22. The van der Waals surface area contributed by atoms with Gasteiger partial charge in [-0.05, 0) is 42.0 Å². The minimum absolute atomic E-state index is 0.0910. The van der Waals surface area contributed by atoms with E-state index in [2.05, 4.69) is 4.98 Å². The molecule has 0 saturated heterocycles. The monoisotopic (exact) mass is 412 g/mol. The van der Waals surface area contributed by atoms with Gasteiger partial charge in [-0.3, -0.25) is 19.5 Å². The molecule has 4 aromatic rings. The van der Waals surface area contributed by atoms with Crippen LogP contribution in [-0.4, -0.2) is 28.6 Å². The Morgan fingerprint density at radius 1 is 0.968 bits per heavy atom. The lowest BCUT2D eigenvalue weighted by Crippen LogP contribution is -2.22. The molecule has 7 heteroatoms. The van der Waals surface area contributed by atoms with E-state index >= 15 is 0 Å². The van der Waals surface area contributed by atoms with Crippen LogP contribution in [0, 0.1) is 10.1 Å². The first kappa shape index (κ1) is 20.0. The summed E-state index contributed by atoms with van der Waals surface area (Å²) in [7, 11) is 3.95. The summed E-state index contributed by atoms with van der Waals surface area (Å²) in [6.45, 7) is 0. The molecule has 0 bridgehead atoms. The summed E-state index contributed by atoms with van der Waals surface area (Å²) in [4.78, 5) is 30.7. The third kappa shape index (κ3) is 4.06. The first-order valence-corrected chi connectivity index (χ1v) is 9.66. The molecule has 4 rings (SSSR count). The largest absolute Gasteiger partial charge is 0.378 e. The van der Waals surface area contributed by atoms with Gasteiger partial charge in [0.05, 0.1) is 21.5 Å². The lowest BCUT2D eigenvalue weighted by molar-refractivity contribution is -0.384. The van der Waals surface area contributed by atoms with Gasteiger partial charge in [0.25, 0.3) is 11.2 Å². The Labute approximate surface area is 178 Å². The molecule has 0 aliphatic rings. The molecule has 0 fully saturated rings. The van der Waals surface area contributed by atoms with E-state index in [9.17, 15) is 14.9 Å². The smallest absolute Gasteiger partial charge is 0.271 e. The summed E-state index contributed by atoms with van der Waals surface area (Å²) < 4.78 is 1.40. The highest BCUT2D eigenvalue weighted by Crippen LogP contribution is 2.20. The van der Waals surface area contributed by atoms with Gasteiger partial charge in [0.2, 0.25) is 0 Å². The minimum Gasteiger partial charge on any atom is -0.378 e. The van der Waals surface area contributed by atoms with Crippen molar-refractivity contribution in [2.75, 3.05) is 19.0 Å². The van der Waals surface area contributed by atoms with Crippen molar-refractivity contribution in [3.8, 4) is 5.69 Å². The van der Waals surface area contributed by atoms with E-state index in [0.29, 0.717) is 22.4 Å². The van der Waals surface area contributed by atoms with Gasteiger partial charge in [0.1, 0.15) is 5.82 Å². The van der Waals surface area contributed by atoms with Crippen molar-refractivity contribution >= 4 is 34.4 Å². The molecule has 1 aromatic heterocycles. The third-order valence-electron chi connectivity index (χ3n) is 4.93. The summed E-state index contributed by atoms with van der Waals surface area (Å²) in [6.07, 6.45) is 3.61. The number of aromatic nitrogens is 2. The molecule has 0 spiro atoms. The van der Waals surface area contributed by atoms with Crippen LogP contribution in [0.3, 0.4) is 0 Å². The summed E-state index contributed by atoms with van der Waals surface area (Å²) in [5.41, 5.74) is 2.60. The molecule has 0 amide bonds. The number of hydrogen-bond acceptors (Lipinski definition) is 5. The van der Waals surface area contributed by atoms with Crippen molar-refractivity contribution < 1.29 is 4.92 Å². The highest BCUT2D eigenvalue weighted by molar-refractivity contribution is 5.80.